The summed E-state index contributed by atoms with van der Waals surface area (Å²) in [5, 5.41) is 8.83. The number of rotatable bonds is 8. The zero-order valence-electron chi connectivity index (χ0n) is 18.9. The van der Waals surface area contributed by atoms with Crippen molar-refractivity contribution in [3.05, 3.63) is 59.7 Å². The zero-order valence-corrected chi connectivity index (χ0v) is 18.9. The van der Waals surface area contributed by atoms with Crippen LogP contribution in [0, 0.1) is 0 Å². The van der Waals surface area contributed by atoms with Gasteiger partial charge in [0.15, 0.2) is 0 Å². The Bertz CT molecular complexity index is 938. The van der Waals surface area contributed by atoms with Crippen LogP contribution in [0.15, 0.2) is 48.5 Å². The van der Waals surface area contributed by atoms with Gasteiger partial charge in [0.05, 0.1) is 6.42 Å². The smallest absolute Gasteiger partial charge is 0.329 e. The van der Waals surface area contributed by atoms with Crippen molar-refractivity contribution in [2.45, 2.75) is 51.0 Å². The van der Waals surface area contributed by atoms with Crippen LogP contribution in [-0.4, -0.2) is 48.7 Å². The molecule has 1 heterocycles. The molecule has 170 valence electrons. The predicted octanol–water partition coefficient (Wildman–Crippen LogP) is 5.09. The van der Waals surface area contributed by atoms with Gasteiger partial charge in [0.25, 0.3) is 0 Å². The van der Waals surface area contributed by atoms with Crippen LogP contribution in [0.25, 0.3) is 0 Å². The highest BCUT2D eigenvalue weighted by molar-refractivity contribution is 6.06. The SMILES string of the molecule is CN(CCC(=O)O)Cc1ccc(N2CCN(c3cccc(C4CCCCC4)c3)C2=O)cc1. The number of urea groups is 1. The van der Waals surface area contributed by atoms with Crippen molar-refractivity contribution in [2.75, 3.05) is 36.5 Å². The topological polar surface area (TPSA) is 64.1 Å². The Labute approximate surface area is 190 Å². The molecule has 32 heavy (non-hydrogen) atoms. The molecule has 1 aliphatic carbocycles. The summed E-state index contributed by atoms with van der Waals surface area (Å²) in [6.45, 7) is 2.55. The van der Waals surface area contributed by atoms with Gasteiger partial charge in [-0.05, 0) is 61.2 Å². The molecule has 1 N–H and O–H groups in total. The number of carbonyl (C=O) groups excluding carboxylic acids is 1. The number of carboxylic acids is 1. The van der Waals surface area contributed by atoms with E-state index in [1.807, 2.05) is 52.1 Å². The Hall–Kier alpha value is -2.86. The van der Waals surface area contributed by atoms with E-state index in [1.54, 1.807) is 0 Å². The van der Waals surface area contributed by atoms with Crippen LogP contribution in [0.3, 0.4) is 0 Å². The third-order valence-electron chi connectivity index (χ3n) is 6.68. The summed E-state index contributed by atoms with van der Waals surface area (Å²) < 4.78 is 0. The van der Waals surface area contributed by atoms with Crippen molar-refractivity contribution in [1.82, 2.24) is 4.90 Å². The molecule has 4 rings (SSSR count). The number of carboxylic acid groups (broad SMARTS) is 1. The Morgan fingerprint density at radius 3 is 2.38 bits per heavy atom. The predicted molar refractivity (Wildman–Crippen MR) is 127 cm³/mol. The number of hydrogen-bond acceptors (Lipinski definition) is 3. The van der Waals surface area contributed by atoms with E-state index in [1.165, 1.54) is 37.7 Å². The quantitative estimate of drug-likeness (QED) is 0.627. The summed E-state index contributed by atoms with van der Waals surface area (Å²) >= 11 is 0. The number of anilines is 2. The monoisotopic (exact) mass is 435 g/mol. The lowest BCUT2D eigenvalue weighted by Gasteiger charge is -2.24. The zero-order chi connectivity index (χ0) is 22.5. The van der Waals surface area contributed by atoms with E-state index in [9.17, 15) is 9.59 Å². The van der Waals surface area contributed by atoms with Crippen molar-refractivity contribution in [1.29, 1.82) is 0 Å². The summed E-state index contributed by atoms with van der Waals surface area (Å²) in [5.41, 5.74) is 4.37. The summed E-state index contributed by atoms with van der Waals surface area (Å²) in [6.07, 6.45) is 6.58. The third kappa shape index (κ3) is 5.30. The average Bonchev–Trinajstić information content (AvgIpc) is 3.20. The Balaban J connectivity index is 1.39. The maximum Gasteiger partial charge on any atom is 0.329 e. The van der Waals surface area contributed by atoms with Gasteiger partial charge >= 0.3 is 12.0 Å². The second-order valence-electron chi connectivity index (χ2n) is 9.06. The third-order valence-corrected chi connectivity index (χ3v) is 6.68. The average molecular weight is 436 g/mol. The molecular weight excluding hydrogens is 402 g/mol. The molecule has 0 aromatic heterocycles. The molecule has 0 atom stereocenters. The molecule has 6 nitrogen and oxygen atoms in total. The Morgan fingerprint density at radius 2 is 1.69 bits per heavy atom. The molecule has 2 amide bonds. The van der Waals surface area contributed by atoms with Gasteiger partial charge in [-0.3, -0.25) is 14.6 Å². The number of amides is 2. The van der Waals surface area contributed by atoms with E-state index >= 15 is 0 Å². The molecule has 0 spiro atoms. The van der Waals surface area contributed by atoms with Crippen LogP contribution >= 0.6 is 0 Å². The van der Waals surface area contributed by atoms with Crippen molar-refractivity contribution in [2.24, 2.45) is 0 Å². The van der Waals surface area contributed by atoms with E-state index in [2.05, 4.69) is 18.2 Å². The highest BCUT2D eigenvalue weighted by Gasteiger charge is 2.31. The Kier molecular flexibility index (Phi) is 7.10. The van der Waals surface area contributed by atoms with E-state index in [0.717, 1.165) is 16.9 Å². The summed E-state index contributed by atoms with van der Waals surface area (Å²) in [7, 11) is 1.92. The van der Waals surface area contributed by atoms with Gasteiger partial charge in [-0.1, -0.05) is 43.5 Å². The maximum absolute atomic E-state index is 13.2. The number of hydrogen-bond donors (Lipinski definition) is 1. The molecule has 1 saturated carbocycles. The van der Waals surface area contributed by atoms with Crippen LogP contribution in [-0.2, 0) is 11.3 Å². The first kappa shape index (κ1) is 22.3. The molecule has 2 aliphatic rings. The lowest BCUT2D eigenvalue weighted by molar-refractivity contribution is -0.137. The first-order valence-corrected chi connectivity index (χ1v) is 11.7. The molecular formula is C26H33N3O3. The van der Waals surface area contributed by atoms with Gasteiger partial charge < -0.3 is 10.0 Å². The van der Waals surface area contributed by atoms with Crippen LogP contribution in [0.2, 0.25) is 0 Å². The second kappa shape index (κ2) is 10.2. The molecule has 1 aliphatic heterocycles. The molecule has 2 aromatic rings. The van der Waals surface area contributed by atoms with Crippen LogP contribution in [0.5, 0.6) is 0 Å². The van der Waals surface area contributed by atoms with Crippen molar-refractivity contribution < 1.29 is 14.7 Å². The minimum absolute atomic E-state index is 0.0251. The largest absolute Gasteiger partial charge is 0.481 e. The van der Waals surface area contributed by atoms with Crippen molar-refractivity contribution in [3.63, 3.8) is 0 Å². The lowest BCUT2D eigenvalue weighted by Crippen LogP contribution is -2.31. The van der Waals surface area contributed by atoms with Gasteiger partial charge in [0, 0.05) is 37.6 Å². The van der Waals surface area contributed by atoms with Crippen molar-refractivity contribution >= 4 is 23.4 Å². The van der Waals surface area contributed by atoms with E-state index in [0.29, 0.717) is 32.1 Å². The highest BCUT2D eigenvalue weighted by atomic mass is 16.4. The normalized spacial score (nSPS) is 17.4. The molecule has 2 aromatic carbocycles. The Morgan fingerprint density at radius 1 is 1.00 bits per heavy atom. The molecule has 0 radical (unpaired) electrons. The van der Waals surface area contributed by atoms with E-state index in [4.69, 9.17) is 5.11 Å². The van der Waals surface area contributed by atoms with Gasteiger partial charge in [0.1, 0.15) is 0 Å². The molecule has 6 heteroatoms. The summed E-state index contributed by atoms with van der Waals surface area (Å²) in [5.74, 6) is -0.160. The number of benzene rings is 2. The summed E-state index contributed by atoms with van der Waals surface area (Å²) in [6, 6.07) is 16.6. The molecule has 0 unspecified atom stereocenters. The fourth-order valence-electron chi connectivity index (χ4n) is 4.86. The fraction of sp³-hybridized carbons (Fsp3) is 0.462. The molecule has 1 saturated heterocycles. The number of nitrogens with zero attached hydrogens (tertiary/aromatic N) is 3. The van der Waals surface area contributed by atoms with Gasteiger partial charge in [-0.2, -0.15) is 0 Å². The van der Waals surface area contributed by atoms with Crippen LogP contribution in [0.1, 0.15) is 55.6 Å². The molecule has 0 bridgehead atoms. The maximum atomic E-state index is 13.2. The minimum Gasteiger partial charge on any atom is -0.481 e. The summed E-state index contributed by atoms with van der Waals surface area (Å²) in [4.78, 5) is 29.7. The van der Waals surface area contributed by atoms with Gasteiger partial charge in [-0.25, -0.2) is 4.79 Å². The van der Waals surface area contributed by atoms with Gasteiger partial charge in [0.2, 0.25) is 0 Å². The number of carbonyl (C=O) groups is 2. The van der Waals surface area contributed by atoms with Crippen molar-refractivity contribution in [3.8, 4) is 0 Å². The number of aliphatic carboxylic acids is 1. The van der Waals surface area contributed by atoms with Crippen LogP contribution in [0.4, 0.5) is 16.2 Å². The highest BCUT2D eigenvalue weighted by Crippen LogP contribution is 2.35. The fourth-order valence-corrected chi connectivity index (χ4v) is 4.86. The standard InChI is InChI=1S/C26H33N3O3/c1-27(15-14-25(30)31)19-20-10-12-23(13-11-20)28-16-17-29(26(28)32)24-9-5-8-22(18-24)21-6-3-2-4-7-21/h5,8-13,18,21H,2-4,6-7,14-17,19H2,1H3,(H,30,31). The van der Waals surface area contributed by atoms with Crippen LogP contribution < -0.4 is 9.80 Å². The van der Waals surface area contributed by atoms with E-state index in [-0.39, 0.29) is 12.5 Å². The van der Waals surface area contributed by atoms with Gasteiger partial charge in [-0.15, -0.1) is 0 Å². The molecule has 2 fully saturated rings. The first-order valence-electron chi connectivity index (χ1n) is 11.7. The minimum atomic E-state index is -0.784. The second-order valence-corrected chi connectivity index (χ2v) is 9.06. The lowest BCUT2D eigenvalue weighted by atomic mass is 9.84. The first-order chi connectivity index (χ1) is 15.5. The van der Waals surface area contributed by atoms with E-state index < -0.39 is 5.97 Å².